The Kier molecular flexibility index (Phi) is 6.85. The molecule has 1 spiro atoms. The minimum absolute atomic E-state index is 0.146. The fraction of sp³-hybridized carbons (Fsp3) is 0.444. The number of nitrogens with zero attached hydrogens (tertiary/aromatic N) is 4. The van der Waals surface area contributed by atoms with E-state index in [0.717, 1.165) is 19.4 Å². The monoisotopic (exact) mass is 627 g/mol. The van der Waals surface area contributed by atoms with Crippen molar-refractivity contribution < 1.29 is 34.4 Å². The Balaban J connectivity index is 1.39. The fourth-order valence-electron chi connectivity index (χ4n) is 6.65. The zero-order chi connectivity index (χ0) is 30.2. The average Bonchev–Trinajstić information content (AvgIpc) is 3.51. The van der Waals surface area contributed by atoms with E-state index in [4.69, 9.17) is 0 Å². The highest BCUT2D eigenvalue weighted by Crippen LogP contribution is 2.51. The number of imidazole rings is 1. The van der Waals surface area contributed by atoms with Crippen LogP contribution < -0.4 is 4.72 Å². The van der Waals surface area contributed by atoms with Gasteiger partial charge in [0.15, 0.2) is 5.82 Å². The van der Waals surface area contributed by atoms with E-state index >= 15 is 0 Å². The van der Waals surface area contributed by atoms with Crippen LogP contribution in [0.3, 0.4) is 0 Å². The molecule has 2 aromatic carbocycles. The maximum absolute atomic E-state index is 13.5. The predicted octanol–water partition coefficient (Wildman–Crippen LogP) is 3.59. The molecular formula is C27H29F4N5O4S2. The van der Waals surface area contributed by atoms with Gasteiger partial charge < -0.3 is 0 Å². The quantitative estimate of drug-likeness (QED) is 0.436. The Morgan fingerprint density at radius 2 is 1.64 bits per heavy atom. The molecule has 3 atom stereocenters. The summed E-state index contributed by atoms with van der Waals surface area (Å²) in [5, 5.41) is 0. The van der Waals surface area contributed by atoms with Crippen LogP contribution in [0.5, 0.6) is 0 Å². The minimum atomic E-state index is -4.66. The molecule has 0 amide bonds. The zero-order valence-electron chi connectivity index (χ0n) is 22.8. The van der Waals surface area contributed by atoms with Gasteiger partial charge in [0.25, 0.3) is 10.2 Å². The Bertz CT molecular complexity index is 1760. The molecule has 1 saturated heterocycles. The van der Waals surface area contributed by atoms with Crippen LogP contribution in [-0.4, -0.2) is 73.3 Å². The van der Waals surface area contributed by atoms with Crippen molar-refractivity contribution in [1.82, 2.24) is 22.3 Å². The van der Waals surface area contributed by atoms with Crippen LogP contribution in [0.25, 0.3) is 22.6 Å². The van der Waals surface area contributed by atoms with Gasteiger partial charge in [0, 0.05) is 31.8 Å². The third-order valence-corrected chi connectivity index (χ3v) is 12.0. The number of fused-ring (bicyclic) bond motifs is 1. The van der Waals surface area contributed by atoms with Gasteiger partial charge in [0.1, 0.15) is 12.4 Å². The number of benzene rings is 2. The summed E-state index contributed by atoms with van der Waals surface area (Å²) in [6, 6.07) is 11.0. The predicted molar refractivity (Wildman–Crippen MR) is 147 cm³/mol. The molecule has 226 valence electrons. The van der Waals surface area contributed by atoms with Crippen molar-refractivity contribution in [2.45, 2.75) is 37.4 Å². The van der Waals surface area contributed by atoms with Crippen molar-refractivity contribution in [3.05, 3.63) is 65.6 Å². The molecule has 6 rings (SSSR count). The van der Waals surface area contributed by atoms with Gasteiger partial charge in [-0.05, 0) is 79.0 Å². The van der Waals surface area contributed by atoms with Gasteiger partial charge in [0.05, 0.1) is 17.4 Å². The normalized spacial score (nSPS) is 25.7. The van der Waals surface area contributed by atoms with E-state index in [1.165, 1.54) is 44.6 Å². The first-order chi connectivity index (χ1) is 19.6. The lowest BCUT2D eigenvalue weighted by atomic mass is 9.79. The fourth-order valence-corrected chi connectivity index (χ4v) is 9.31. The second kappa shape index (κ2) is 9.84. The van der Waals surface area contributed by atoms with Crippen molar-refractivity contribution in [2.24, 2.45) is 11.8 Å². The Morgan fingerprint density at radius 3 is 2.26 bits per heavy atom. The summed E-state index contributed by atoms with van der Waals surface area (Å²) in [6.07, 6.45) is -1.07. The molecule has 2 bridgehead atoms. The van der Waals surface area contributed by atoms with Crippen molar-refractivity contribution in [3.8, 4) is 22.6 Å². The molecule has 3 aromatic rings. The van der Waals surface area contributed by atoms with Gasteiger partial charge in [-0.25, -0.2) is 13.3 Å². The van der Waals surface area contributed by atoms with Crippen LogP contribution >= 0.6 is 0 Å². The molecule has 1 aromatic heterocycles. The van der Waals surface area contributed by atoms with Gasteiger partial charge in [-0.3, -0.25) is 0 Å². The molecule has 2 heterocycles. The average molecular weight is 628 g/mol. The van der Waals surface area contributed by atoms with Crippen LogP contribution in [-0.2, 0) is 33.3 Å². The van der Waals surface area contributed by atoms with Crippen LogP contribution in [0, 0.1) is 17.7 Å². The lowest BCUT2D eigenvalue weighted by Crippen LogP contribution is -2.52. The molecular weight excluding hydrogens is 598 g/mol. The summed E-state index contributed by atoms with van der Waals surface area (Å²) in [7, 11) is -5.52. The topological polar surface area (TPSA) is 105 Å². The van der Waals surface area contributed by atoms with Crippen molar-refractivity contribution in [2.75, 3.05) is 27.2 Å². The Hall–Kier alpha value is -2.85. The number of hydrogen-bond donors (Lipinski definition) is 1. The molecule has 1 saturated carbocycles. The largest absolute Gasteiger partial charge is 0.402 e. The molecule has 9 nitrogen and oxygen atoms in total. The number of aromatic nitrogens is 2. The lowest BCUT2D eigenvalue weighted by Gasteiger charge is -2.33. The van der Waals surface area contributed by atoms with Gasteiger partial charge in [0.2, 0.25) is 0 Å². The van der Waals surface area contributed by atoms with E-state index in [9.17, 15) is 34.4 Å². The molecule has 2 aliphatic carbocycles. The number of rotatable bonds is 5. The number of nitrogens with one attached hydrogen (secondary N) is 1. The smallest absolute Gasteiger partial charge is 0.227 e. The van der Waals surface area contributed by atoms with Crippen LogP contribution in [0.15, 0.2) is 48.7 Å². The summed E-state index contributed by atoms with van der Waals surface area (Å²) >= 11 is 0. The van der Waals surface area contributed by atoms with Crippen LogP contribution in [0.1, 0.15) is 24.0 Å². The van der Waals surface area contributed by atoms with Crippen LogP contribution in [0.4, 0.5) is 17.6 Å². The number of alkyl halides is 3. The van der Waals surface area contributed by atoms with Gasteiger partial charge >= 0.3 is 16.4 Å². The first-order valence-electron chi connectivity index (χ1n) is 13.4. The van der Waals surface area contributed by atoms with E-state index < -0.39 is 44.5 Å². The maximum atomic E-state index is 13.5. The molecule has 15 heteroatoms. The molecule has 0 unspecified atom stereocenters. The van der Waals surface area contributed by atoms with Crippen molar-refractivity contribution in [1.29, 1.82) is 0 Å². The highest BCUT2D eigenvalue weighted by Gasteiger charge is 2.60. The third-order valence-electron chi connectivity index (χ3n) is 8.69. The summed E-state index contributed by atoms with van der Waals surface area (Å²) in [5.41, 5.74) is 2.14. The summed E-state index contributed by atoms with van der Waals surface area (Å²) in [4.78, 5) is 4.61. The lowest BCUT2D eigenvalue weighted by molar-refractivity contribution is -0.136. The first kappa shape index (κ1) is 29.2. The molecule has 0 radical (unpaired) electrons. The minimum Gasteiger partial charge on any atom is -0.227 e. The molecule has 1 aliphatic heterocycles. The molecule has 3 aliphatic rings. The second-order valence-corrected chi connectivity index (χ2v) is 15.1. The van der Waals surface area contributed by atoms with Gasteiger partial charge in [-0.2, -0.15) is 43.3 Å². The summed E-state index contributed by atoms with van der Waals surface area (Å²) in [6.45, 7) is -1.79. The van der Waals surface area contributed by atoms with E-state index in [0.29, 0.717) is 46.8 Å². The number of halogens is 4. The summed E-state index contributed by atoms with van der Waals surface area (Å²) in [5.74, 6) is -0.730. The van der Waals surface area contributed by atoms with E-state index in [2.05, 4.69) is 9.71 Å². The number of hydrogen-bond acceptors (Lipinski definition) is 5. The highest BCUT2D eigenvalue weighted by molar-refractivity contribution is 7.87. The molecule has 42 heavy (non-hydrogen) atoms. The molecule has 1 N–H and O–H groups in total. The van der Waals surface area contributed by atoms with Crippen LogP contribution in [0.2, 0.25) is 0 Å². The first-order valence-corrected chi connectivity index (χ1v) is 16.2. The molecule has 2 fully saturated rings. The van der Waals surface area contributed by atoms with E-state index in [1.807, 2.05) is 12.1 Å². The van der Waals surface area contributed by atoms with E-state index in [-0.39, 0.29) is 24.2 Å². The Morgan fingerprint density at radius 1 is 1.02 bits per heavy atom. The Labute approximate surface area is 241 Å². The highest BCUT2D eigenvalue weighted by atomic mass is 32.2. The second-order valence-electron chi connectivity index (χ2n) is 11.4. The van der Waals surface area contributed by atoms with E-state index in [1.54, 1.807) is 6.07 Å². The SMILES string of the molecule is CN(C)S(=O)(=O)n1cc(-c2ccc(F)cc2)nc1-c1ccc2c(c1)C[C@H]1CC[C@@H](C2)[C@]12CN(CC(F)(F)F)S(=O)(=O)N2. The van der Waals surface area contributed by atoms with Gasteiger partial charge in [-0.1, -0.05) is 12.1 Å². The van der Waals surface area contributed by atoms with Gasteiger partial charge in [-0.15, -0.1) is 0 Å². The maximum Gasteiger partial charge on any atom is 0.402 e. The third kappa shape index (κ3) is 4.94. The standard InChI is InChI=1S/C27H29F4N5O4S2/c1-34(2)42(39,40)36-14-24(17-5-9-23(28)10-6-17)32-25(36)19-4-3-18-12-21-7-8-22(13-20(18)11-19)26(21)15-35(16-27(29,30)31)41(37,38)33-26/h3-6,9-11,14,21-22,33H,7-8,12-13,15-16H2,1-2H3/t21-,22+,26+/m0/s1. The van der Waals surface area contributed by atoms with Crippen molar-refractivity contribution >= 4 is 20.4 Å². The van der Waals surface area contributed by atoms with Crippen molar-refractivity contribution in [3.63, 3.8) is 0 Å². The zero-order valence-corrected chi connectivity index (χ0v) is 24.4. The summed E-state index contributed by atoms with van der Waals surface area (Å²) < 4.78 is 111.